The van der Waals surface area contributed by atoms with Crippen LogP contribution in [0.3, 0.4) is 0 Å². The maximum Gasteiger partial charge on any atom is 0.262 e. The summed E-state index contributed by atoms with van der Waals surface area (Å²) >= 11 is 0. The maximum atomic E-state index is 11.7. The normalized spacial score (nSPS) is 15.9. The van der Waals surface area contributed by atoms with Crippen molar-refractivity contribution in [3.63, 3.8) is 0 Å². The molecule has 0 aromatic heterocycles. The maximum absolute atomic E-state index is 11.7. The van der Waals surface area contributed by atoms with Crippen molar-refractivity contribution < 1.29 is 9.53 Å². The zero-order valence-corrected chi connectivity index (χ0v) is 11.8. The highest BCUT2D eigenvalue weighted by atomic mass is 16.5. The van der Waals surface area contributed by atoms with Gasteiger partial charge >= 0.3 is 0 Å². The molecule has 1 fully saturated rings. The fourth-order valence-corrected chi connectivity index (χ4v) is 1.90. The summed E-state index contributed by atoms with van der Waals surface area (Å²) in [5.74, 6) is 0.722. The first kappa shape index (κ1) is 13.9. The SMILES string of the molecule is CC(Oc1cccc(CNC2CC2)c1)C(=O)N(C)C. The first-order valence-corrected chi connectivity index (χ1v) is 6.76. The van der Waals surface area contributed by atoms with Gasteiger partial charge in [-0.25, -0.2) is 0 Å². The van der Waals surface area contributed by atoms with Gasteiger partial charge < -0.3 is 15.0 Å². The molecule has 0 spiro atoms. The van der Waals surface area contributed by atoms with Gasteiger partial charge in [-0.3, -0.25) is 4.79 Å². The zero-order chi connectivity index (χ0) is 13.8. The monoisotopic (exact) mass is 262 g/mol. The molecule has 0 radical (unpaired) electrons. The lowest BCUT2D eigenvalue weighted by Gasteiger charge is -2.18. The molecular formula is C15H22N2O2. The minimum atomic E-state index is -0.457. The van der Waals surface area contributed by atoms with Crippen molar-refractivity contribution >= 4 is 5.91 Å². The average Bonchev–Trinajstić information content (AvgIpc) is 3.19. The molecule has 1 aliphatic rings. The average molecular weight is 262 g/mol. The van der Waals surface area contributed by atoms with Crippen molar-refractivity contribution in [2.75, 3.05) is 14.1 Å². The molecule has 2 rings (SSSR count). The Bertz CT molecular complexity index is 442. The van der Waals surface area contributed by atoms with E-state index in [1.165, 1.54) is 18.4 Å². The number of carbonyl (C=O) groups excluding carboxylic acids is 1. The van der Waals surface area contributed by atoms with Crippen molar-refractivity contribution in [2.45, 2.75) is 38.5 Å². The quantitative estimate of drug-likeness (QED) is 0.850. The molecule has 1 amide bonds. The summed E-state index contributed by atoms with van der Waals surface area (Å²) < 4.78 is 5.68. The van der Waals surface area contributed by atoms with Gasteiger partial charge in [-0.2, -0.15) is 0 Å². The van der Waals surface area contributed by atoms with Gasteiger partial charge in [-0.1, -0.05) is 12.1 Å². The highest BCUT2D eigenvalue weighted by molar-refractivity contribution is 5.80. The van der Waals surface area contributed by atoms with Gasteiger partial charge in [0.25, 0.3) is 5.91 Å². The number of rotatable bonds is 6. The molecule has 0 aliphatic heterocycles. The number of nitrogens with zero attached hydrogens (tertiary/aromatic N) is 1. The first-order valence-electron chi connectivity index (χ1n) is 6.76. The van der Waals surface area contributed by atoms with Gasteiger partial charge in [0.15, 0.2) is 6.10 Å². The van der Waals surface area contributed by atoms with Gasteiger partial charge in [-0.05, 0) is 37.5 Å². The van der Waals surface area contributed by atoms with Gasteiger partial charge in [-0.15, -0.1) is 0 Å². The highest BCUT2D eigenvalue weighted by Crippen LogP contribution is 2.20. The fraction of sp³-hybridized carbons (Fsp3) is 0.533. The minimum absolute atomic E-state index is 0.0264. The summed E-state index contributed by atoms with van der Waals surface area (Å²) in [5.41, 5.74) is 1.19. The summed E-state index contributed by atoms with van der Waals surface area (Å²) in [6, 6.07) is 8.61. The van der Waals surface area contributed by atoms with Gasteiger partial charge in [0.1, 0.15) is 5.75 Å². The Kier molecular flexibility index (Phi) is 4.43. The fourth-order valence-electron chi connectivity index (χ4n) is 1.90. The van der Waals surface area contributed by atoms with Crippen molar-refractivity contribution in [3.8, 4) is 5.75 Å². The molecule has 104 valence electrons. The molecule has 1 saturated carbocycles. The van der Waals surface area contributed by atoms with Crippen LogP contribution < -0.4 is 10.1 Å². The van der Waals surface area contributed by atoms with Crippen molar-refractivity contribution in [1.82, 2.24) is 10.2 Å². The third kappa shape index (κ3) is 4.24. The summed E-state index contributed by atoms with van der Waals surface area (Å²) in [5, 5.41) is 3.46. The third-order valence-electron chi connectivity index (χ3n) is 3.17. The van der Waals surface area contributed by atoms with Gasteiger partial charge in [0.2, 0.25) is 0 Å². The predicted molar refractivity (Wildman–Crippen MR) is 75.1 cm³/mol. The second-order valence-corrected chi connectivity index (χ2v) is 5.30. The standard InChI is InChI=1S/C15H22N2O2/c1-11(15(18)17(2)3)19-14-6-4-5-12(9-14)10-16-13-7-8-13/h4-6,9,11,13,16H,7-8,10H2,1-3H3. The number of amides is 1. The molecule has 1 aromatic carbocycles. The molecule has 4 nitrogen and oxygen atoms in total. The van der Waals surface area contributed by atoms with E-state index in [9.17, 15) is 4.79 Å². The van der Waals surface area contributed by atoms with E-state index in [1.807, 2.05) is 18.2 Å². The number of likely N-dealkylation sites (N-methyl/N-ethyl adjacent to an activating group) is 1. The molecule has 0 bridgehead atoms. The minimum Gasteiger partial charge on any atom is -0.481 e. The number of hydrogen-bond donors (Lipinski definition) is 1. The molecule has 1 aromatic rings. The summed E-state index contributed by atoms with van der Waals surface area (Å²) in [6.45, 7) is 2.63. The molecule has 1 atom stereocenters. The van der Waals surface area contributed by atoms with E-state index in [4.69, 9.17) is 4.74 Å². The van der Waals surface area contributed by atoms with E-state index in [1.54, 1.807) is 25.9 Å². The second kappa shape index (κ2) is 6.06. The molecule has 1 aliphatic carbocycles. The lowest BCUT2D eigenvalue weighted by molar-refractivity contribution is -0.135. The first-order chi connectivity index (χ1) is 9.06. The van der Waals surface area contributed by atoms with Crippen molar-refractivity contribution in [1.29, 1.82) is 0 Å². The predicted octanol–water partition coefficient (Wildman–Crippen LogP) is 1.79. The Labute approximate surface area is 114 Å². The van der Waals surface area contributed by atoms with Crippen molar-refractivity contribution in [2.24, 2.45) is 0 Å². The smallest absolute Gasteiger partial charge is 0.262 e. The van der Waals surface area contributed by atoms with E-state index in [0.29, 0.717) is 6.04 Å². The summed E-state index contributed by atoms with van der Waals surface area (Å²) in [4.78, 5) is 13.3. The third-order valence-corrected chi connectivity index (χ3v) is 3.17. The van der Waals surface area contributed by atoms with E-state index in [-0.39, 0.29) is 5.91 Å². The summed E-state index contributed by atoms with van der Waals surface area (Å²) in [7, 11) is 3.47. The van der Waals surface area contributed by atoms with Crippen LogP contribution in [-0.4, -0.2) is 37.0 Å². The zero-order valence-electron chi connectivity index (χ0n) is 11.8. The van der Waals surface area contributed by atoms with Crippen LogP contribution in [0.5, 0.6) is 5.75 Å². The topological polar surface area (TPSA) is 41.6 Å². The Morgan fingerprint density at radius 1 is 1.47 bits per heavy atom. The van der Waals surface area contributed by atoms with Crippen LogP contribution in [-0.2, 0) is 11.3 Å². The van der Waals surface area contributed by atoms with E-state index in [0.717, 1.165) is 12.3 Å². The van der Waals surface area contributed by atoms with Crippen LogP contribution in [0.25, 0.3) is 0 Å². The molecular weight excluding hydrogens is 240 g/mol. The number of carbonyl (C=O) groups is 1. The van der Waals surface area contributed by atoms with Crippen LogP contribution >= 0.6 is 0 Å². The molecule has 19 heavy (non-hydrogen) atoms. The Morgan fingerprint density at radius 2 is 2.21 bits per heavy atom. The number of hydrogen-bond acceptors (Lipinski definition) is 3. The number of ether oxygens (including phenoxy) is 1. The Balaban J connectivity index is 1.91. The number of nitrogens with one attached hydrogen (secondary N) is 1. The Hall–Kier alpha value is -1.55. The largest absolute Gasteiger partial charge is 0.481 e. The van der Waals surface area contributed by atoms with E-state index in [2.05, 4.69) is 11.4 Å². The highest BCUT2D eigenvalue weighted by Gasteiger charge is 2.20. The molecule has 0 heterocycles. The molecule has 1 N–H and O–H groups in total. The van der Waals surface area contributed by atoms with E-state index < -0.39 is 6.10 Å². The van der Waals surface area contributed by atoms with Crippen LogP contribution in [0.15, 0.2) is 24.3 Å². The van der Waals surface area contributed by atoms with Crippen molar-refractivity contribution in [3.05, 3.63) is 29.8 Å². The van der Waals surface area contributed by atoms with Gasteiger partial charge in [0.05, 0.1) is 0 Å². The lowest BCUT2D eigenvalue weighted by Crippen LogP contribution is -2.35. The van der Waals surface area contributed by atoms with Crippen LogP contribution in [0, 0.1) is 0 Å². The van der Waals surface area contributed by atoms with Crippen LogP contribution in [0.2, 0.25) is 0 Å². The second-order valence-electron chi connectivity index (χ2n) is 5.30. The van der Waals surface area contributed by atoms with Gasteiger partial charge in [0, 0.05) is 26.7 Å². The lowest BCUT2D eigenvalue weighted by atomic mass is 10.2. The van der Waals surface area contributed by atoms with Crippen LogP contribution in [0.1, 0.15) is 25.3 Å². The Morgan fingerprint density at radius 3 is 2.84 bits per heavy atom. The van der Waals surface area contributed by atoms with Crippen LogP contribution in [0.4, 0.5) is 0 Å². The number of benzene rings is 1. The summed E-state index contributed by atoms with van der Waals surface area (Å²) in [6.07, 6.45) is 2.11. The molecule has 1 unspecified atom stereocenters. The molecule has 4 heteroatoms. The van der Waals surface area contributed by atoms with E-state index >= 15 is 0 Å². The molecule has 0 saturated heterocycles.